The summed E-state index contributed by atoms with van der Waals surface area (Å²) < 4.78 is 0.878. The molecule has 1 heterocycles. The van der Waals surface area contributed by atoms with Crippen molar-refractivity contribution in [3.63, 3.8) is 0 Å². The summed E-state index contributed by atoms with van der Waals surface area (Å²) in [7, 11) is 0. The summed E-state index contributed by atoms with van der Waals surface area (Å²) in [6.07, 6.45) is 1.62. The average Bonchev–Trinajstić information content (AvgIpc) is 2.34. The largest absolute Gasteiger partial charge is 0.507 e. The van der Waals surface area contributed by atoms with Crippen molar-refractivity contribution in [2.24, 2.45) is 0 Å². The molecule has 0 bridgehead atoms. The molecule has 2 aromatic rings. The van der Waals surface area contributed by atoms with Gasteiger partial charge in [0.1, 0.15) is 11.6 Å². The van der Waals surface area contributed by atoms with Crippen LogP contribution in [0.4, 0.5) is 5.82 Å². The number of halogens is 1. The first-order valence-corrected chi connectivity index (χ1v) is 6.08. The number of nitrogens with zero attached hydrogens (tertiary/aromatic N) is 1. The molecule has 0 spiro atoms. The van der Waals surface area contributed by atoms with E-state index in [0.717, 1.165) is 10.0 Å². The van der Waals surface area contributed by atoms with E-state index in [1.165, 1.54) is 6.07 Å². The fraction of sp³-hybridized carbons (Fsp3) is 0.0769. The first-order valence-electron chi connectivity index (χ1n) is 5.29. The Balaban J connectivity index is 2.22. The van der Waals surface area contributed by atoms with Gasteiger partial charge in [-0.05, 0) is 46.6 Å². The van der Waals surface area contributed by atoms with E-state index in [0.29, 0.717) is 5.82 Å². The third-order valence-electron chi connectivity index (χ3n) is 2.44. The van der Waals surface area contributed by atoms with Gasteiger partial charge in [0.25, 0.3) is 5.91 Å². The van der Waals surface area contributed by atoms with Gasteiger partial charge >= 0.3 is 0 Å². The van der Waals surface area contributed by atoms with Crippen LogP contribution in [0.2, 0.25) is 0 Å². The van der Waals surface area contributed by atoms with Crippen LogP contribution in [0.15, 0.2) is 41.0 Å². The molecule has 0 aliphatic rings. The molecule has 0 saturated heterocycles. The number of aryl methyl sites for hydroxylation is 1. The van der Waals surface area contributed by atoms with Crippen LogP contribution in [0.3, 0.4) is 0 Å². The van der Waals surface area contributed by atoms with Crippen LogP contribution >= 0.6 is 15.9 Å². The van der Waals surface area contributed by atoms with Crippen molar-refractivity contribution in [3.05, 3.63) is 52.1 Å². The van der Waals surface area contributed by atoms with Crippen LogP contribution in [0.1, 0.15) is 15.9 Å². The van der Waals surface area contributed by atoms with Gasteiger partial charge < -0.3 is 10.4 Å². The standard InChI is InChI=1S/C13H11BrN2O2/c1-8-6-12(15-7-10(8)14)16-13(18)9-4-2-3-5-11(9)17/h2-7,17H,1H3,(H,15,16,18). The quantitative estimate of drug-likeness (QED) is 0.896. The molecule has 4 nitrogen and oxygen atoms in total. The highest BCUT2D eigenvalue weighted by Crippen LogP contribution is 2.20. The minimum atomic E-state index is -0.387. The van der Waals surface area contributed by atoms with Crippen LogP contribution in [-0.2, 0) is 0 Å². The number of carbonyl (C=O) groups is 1. The summed E-state index contributed by atoms with van der Waals surface area (Å²) in [6.45, 7) is 1.90. The maximum atomic E-state index is 11.9. The third-order valence-corrected chi connectivity index (χ3v) is 3.27. The van der Waals surface area contributed by atoms with Crippen molar-refractivity contribution in [3.8, 4) is 5.75 Å². The van der Waals surface area contributed by atoms with Gasteiger partial charge in [-0.25, -0.2) is 4.98 Å². The molecule has 0 unspecified atom stereocenters. The highest BCUT2D eigenvalue weighted by molar-refractivity contribution is 9.10. The maximum Gasteiger partial charge on any atom is 0.260 e. The lowest BCUT2D eigenvalue weighted by molar-refractivity contribution is 0.102. The van der Waals surface area contributed by atoms with Crippen LogP contribution in [0.5, 0.6) is 5.75 Å². The molecule has 0 radical (unpaired) electrons. The SMILES string of the molecule is Cc1cc(NC(=O)c2ccccc2O)ncc1Br. The number of pyridine rings is 1. The highest BCUT2D eigenvalue weighted by Gasteiger charge is 2.11. The van der Waals surface area contributed by atoms with Crippen molar-refractivity contribution in [2.45, 2.75) is 6.92 Å². The lowest BCUT2D eigenvalue weighted by atomic mass is 10.2. The van der Waals surface area contributed by atoms with Gasteiger partial charge in [0, 0.05) is 10.7 Å². The number of anilines is 1. The van der Waals surface area contributed by atoms with Gasteiger partial charge in [0.05, 0.1) is 5.56 Å². The Kier molecular flexibility index (Phi) is 3.62. The number of aromatic hydroxyl groups is 1. The van der Waals surface area contributed by atoms with Crippen molar-refractivity contribution >= 4 is 27.7 Å². The van der Waals surface area contributed by atoms with Gasteiger partial charge in [0.2, 0.25) is 0 Å². The molecule has 0 atom stereocenters. The summed E-state index contributed by atoms with van der Waals surface area (Å²) in [5.74, 6) is 0.00936. The first kappa shape index (κ1) is 12.6. The predicted molar refractivity (Wildman–Crippen MR) is 72.7 cm³/mol. The molecule has 18 heavy (non-hydrogen) atoms. The van der Waals surface area contributed by atoms with E-state index in [2.05, 4.69) is 26.2 Å². The van der Waals surface area contributed by atoms with Crippen molar-refractivity contribution < 1.29 is 9.90 Å². The first-order chi connectivity index (χ1) is 8.58. The normalized spacial score (nSPS) is 10.1. The number of carbonyl (C=O) groups excluding carboxylic acids is 1. The number of phenolic OH excluding ortho intramolecular Hbond substituents is 1. The second-order valence-electron chi connectivity index (χ2n) is 3.79. The number of hydrogen-bond donors (Lipinski definition) is 2. The van der Waals surface area contributed by atoms with Gasteiger partial charge in [0.15, 0.2) is 0 Å². The van der Waals surface area contributed by atoms with Gasteiger partial charge in [-0.3, -0.25) is 4.79 Å². The van der Waals surface area contributed by atoms with E-state index < -0.39 is 0 Å². The molecule has 2 rings (SSSR count). The molecule has 0 fully saturated rings. The zero-order valence-corrected chi connectivity index (χ0v) is 11.2. The molecule has 1 amide bonds. The number of aromatic nitrogens is 1. The molecule has 2 N–H and O–H groups in total. The van der Waals surface area contributed by atoms with Gasteiger partial charge in [-0.15, -0.1) is 0 Å². The predicted octanol–water partition coefficient (Wildman–Crippen LogP) is 3.11. The number of nitrogens with one attached hydrogen (secondary N) is 1. The maximum absolute atomic E-state index is 11.9. The second kappa shape index (κ2) is 5.18. The zero-order valence-electron chi connectivity index (χ0n) is 9.64. The second-order valence-corrected chi connectivity index (χ2v) is 4.64. The van der Waals surface area contributed by atoms with Crippen LogP contribution in [0.25, 0.3) is 0 Å². The summed E-state index contributed by atoms with van der Waals surface area (Å²) in [4.78, 5) is 16.0. The van der Waals surface area contributed by atoms with Crippen molar-refractivity contribution in [1.82, 2.24) is 4.98 Å². The molecule has 0 aliphatic carbocycles. The van der Waals surface area contributed by atoms with Gasteiger partial charge in [-0.1, -0.05) is 12.1 Å². The summed E-state index contributed by atoms with van der Waals surface area (Å²) in [5, 5.41) is 12.2. The van der Waals surface area contributed by atoms with E-state index in [-0.39, 0.29) is 17.2 Å². The van der Waals surface area contributed by atoms with E-state index >= 15 is 0 Å². The molecule has 0 aliphatic heterocycles. The van der Waals surface area contributed by atoms with Crippen LogP contribution in [-0.4, -0.2) is 16.0 Å². The molecular weight excluding hydrogens is 296 g/mol. The van der Waals surface area contributed by atoms with Crippen LogP contribution < -0.4 is 5.32 Å². The van der Waals surface area contributed by atoms with E-state index in [9.17, 15) is 9.90 Å². The summed E-state index contributed by atoms with van der Waals surface area (Å²) in [6, 6.07) is 8.12. The van der Waals surface area contributed by atoms with Crippen LogP contribution in [0, 0.1) is 6.92 Å². The molecule has 5 heteroatoms. The zero-order chi connectivity index (χ0) is 13.1. The summed E-state index contributed by atoms with van der Waals surface area (Å²) in [5.41, 5.74) is 1.19. The van der Waals surface area contributed by atoms with E-state index in [1.54, 1.807) is 30.5 Å². The fourth-order valence-electron chi connectivity index (χ4n) is 1.46. The number of rotatable bonds is 2. The Morgan fingerprint density at radius 2 is 2.11 bits per heavy atom. The lowest BCUT2D eigenvalue weighted by Gasteiger charge is -2.07. The Labute approximate surface area is 113 Å². The topological polar surface area (TPSA) is 62.2 Å². The average molecular weight is 307 g/mol. The number of benzene rings is 1. The lowest BCUT2D eigenvalue weighted by Crippen LogP contribution is -2.13. The molecule has 0 saturated carbocycles. The minimum Gasteiger partial charge on any atom is -0.507 e. The minimum absolute atomic E-state index is 0.0520. The Bertz CT molecular complexity index is 599. The van der Waals surface area contributed by atoms with E-state index in [4.69, 9.17) is 0 Å². The Hall–Kier alpha value is -1.88. The molecule has 92 valence electrons. The van der Waals surface area contributed by atoms with Gasteiger partial charge in [-0.2, -0.15) is 0 Å². The number of phenols is 1. The summed E-state index contributed by atoms with van der Waals surface area (Å²) >= 11 is 3.34. The highest BCUT2D eigenvalue weighted by atomic mass is 79.9. The van der Waals surface area contributed by atoms with Crippen molar-refractivity contribution in [1.29, 1.82) is 0 Å². The van der Waals surface area contributed by atoms with E-state index in [1.807, 2.05) is 6.92 Å². The Morgan fingerprint density at radius 1 is 1.39 bits per heavy atom. The molecule has 1 aromatic carbocycles. The molecule has 1 aromatic heterocycles. The number of hydrogen-bond acceptors (Lipinski definition) is 3. The monoisotopic (exact) mass is 306 g/mol. The molecular formula is C13H11BrN2O2. The number of para-hydroxylation sites is 1. The third kappa shape index (κ3) is 2.68. The smallest absolute Gasteiger partial charge is 0.260 e. The van der Waals surface area contributed by atoms with Crippen molar-refractivity contribution in [2.75, 3.05) is 5.32 Å². The number of amides is 1. The fourth-order valence-corrected chi connectivity index (χ4v) is 1.67. The Morgan fingerprint density at radius 3 is 2.78 bits per heavy atom.